The van der Waals surface area contributed by atoms with Crippen LogP contribution in [0.25, 0.3) is 0 Å². The molecule has 11 nitrogen and oxygen atoms in total. The van der Waals surface area contributed by atoms with Gasteiger partial charge in [-0.2, -0.15) is 0 Å². The number of morpholine rings is 1. The molecule has 0 unspecified atom stereocenters. The zero-order valence-electron chi connectivity index (χ0n) is 24.4. The average molecular weight is 594 g/mol. The maximum Gasteiger partial charge on any atom is 0.316 e. The van der Waals surface area contributed by atoms with Gasteiger partial charge in [0.05, 0.1) is 24.5 Å². The summed E-state index contributed by atoms with van der Waals surface area (Å²) in [5.74, 6) is -0.549. The molecule has 2 aromatic heterocycles. The molecule has 2 saturated heterocycles. The fourth-order valence-electron chi connectivity index (χ4n) is 5.24. The Morgan fingerprint density at radius 2 is 1.83 bits per heavy atom. The molecule has 2 amide bonds. The Kier molecular flexibility index (Phi) is 9.98. The van der Waals surface area contributed by atoms with Crippen molar-refractivity contribution in [1.29, 1.82) is 0 Å². The molecule has 0 aliphatic carbocycles. The smallest absolute Gasteiger partial charge is 0.316 e. The van der Waals surface area contributed by atoms with Crippen molar-refractivity contribution < 1.29 is 19.1 Å². The standard InChI is InChI=1S/C30H39N7O4S/c1-4-10-31-27(38)24-15-22(16-37-20(2)17-40-18-21(37)3)6-7-25(24)34-28(39)26-19-42-30(35-26)36-13-8-23(9-14-36)41-29-32-11-5-12-33-29/h5-7,11-12,15,19-21,23H,4,8-10,13-14,16-18H2,1-3H3,(H,31,38)(H,34,39)/t20-,21-/m0/s1. The summed E-state index contributed by atoms with van der Waals surface area (Å²) in [5, 5.41) is 8.45. The van der Waals surface area contributed by atoms with Crippen LogP contribution in [0.3, 0.4) is 0 Å². The number of aromatic nitrogens is 3. The number of anilines is 2. The van der Waals surface area contributed by atoms with Crippen LogP contribution in [-0.2, 0) is 11.3 Å². The van der Waals surface area contributed by atoms with Crippen LogP contribution in [0.2, 0.25) is 0 Å². The van der Waals surface area contributed by atoms with Crippen molar-refractivity contribution in [3.05, 3.63) is 58.9 Å². The van der Waals surface area contributed by atoms with Crippen LogP contribution in [0, 0.1) is 0 Å². The van der Waals surface area contributed by atoms with Crippen molar-refractivity contribution >= 4 is 34.0 Å². The predicted octanol–water partition coefficient (Wildman–Crippen LogP) is 3.98. The second kappa shape index (κ2) is 14.0. The van der Waals surface area contributed by atoms with Gasteiger partial charge in [0.25, 0.3) is 11.8 Å². The number of nitrogens with one attached hydrogen (secondary N) is 2. The minimum absolute atomic E-state index is 0.0429. The third-order valence-corrected chi connectivity index (χ3v) is 8.48. The van der Waals surface area contributed by atoms with Crippen LogP contribution in [0.1, 0.15) is 66.4 Å². The summed E-state index contributed by atoms with van der Waals surface area (Å²) < 4.78 is 11.6. The molecule has 0 spiro atoms. The van der Waals surface area contributed by atoms with E-state index in [9.17, 15) is 9.59 Å². The number of rotatable bonds is 10. The van der Waals surface area contributed by atoms with Crippen LogP contribution in [0.15, 0.2) is 42.0 Å². The molecule has 12 heteroatoms. The summed E-state index contributed by atoms with van der Waals surface area (Å²) in [6.45, 7) is 10.5. The van der Waals surface area contributed by atoms with Gasteiger partial charge in [-0.1, -0.05) is 13.0 Å². The molecule has 5 rings (SSSR count). The van der Waals surface area contributed by atoms with Crippen LogP contribution in [0.4, 0.5) is 10.8 Å². The Bertz CT molecular complexity index is 1340. The van der Waals surface area contributed by atoms with Crippen molar-refractivity contribution in [2.45, 2.75) is 64.8 Å². The molecule has 0 radical (unpaired) electrons. The molecule has 2 atom stereocenters. The van der Waals surface area contributed by atoms with Gasteiger partial charge in [0.1, 0.15) is 11.8 Å². The van der Waals surface area contributed by atoms with Gasteiger partial charge in [0, 0.05) is 68.9 Å². The molecule has 4 heterocycles. The number of nitrogens with zero attached hydrogens (tertiary/aromatic N) is 5. The van der Waals surface area contributed by atoms with E-state index in [4.69, 9.17) is 9.47 Å². The van der Waals surface area contributed by atoms with E-state index in [1.165, 1.54) is 11.3 Å². The lowest BCUT2D eigenvalue weighted by molar-refractivity contribution is -0.0409. The highest BCUT2D eigenvalue weighted by atomic mass is 32.1. The molecule has 2 aliphatic rings. The van der Waals surface area contributed by atoms with Gasteiger partial charge in [-0.15, -0.1) is 11.3 Å². The van der Waals surface area contributed by atoms with Gasteiger partial charge < -0.3 is 25.0 Å². The Morgan fingerprint density at radius 1 is 1.10 bits per heavy atom. The first kappa shape index (κ1) is 29.9. The Hall–Kier alpha value is -3.61. The molecule has 2 fully saturated rings. The van der Waals surface area contributed by atoms with E-state index >= 15 is 0 Å². The van der Waals surface area contributed by atoms with Crippen molar-refractivity contribution in [2.75, 3.05) is 43.1 Å². The predicted molar refractivity (Wildman–Crippen MR) is 162 cm³/mol. The van der Waals surface area contributed by atoms with E-state index in [-0.39, 0.29) is 30.0 Å². The third-order valence-electron chi connectivity index (χ3n) is 7.58. The van der Waals surface area contributed by atoms with Crippen LogP contribution in [0.5, 0.6) is 6.01 Å². The fourth-order valence-corrected chi connectivity index (χ4v) is 6.10. The molecule has 224 valence electrons. The SMILES string of the molecule is CCCNC(=O)c1cc(CN2[C@@H](C)COC[C@@H]2C)ccc1NC(=O)c1csc(N2CCC(Oc3ncccn3)CC2)n1. The molecular weight excluding hydrogens is 554 g/mol. The number of carbonyl (C=O) groups is 2. The Balaban J connectivity index is 1.24. The summed E-state index contributed by atoms with van der Waals surface area (Å²) in [5.41, 5.74) is 2.25. The van der Waals surface area contributed by atoms with Crippen molar-refractivity contribution in [1.82, 2.24) is 25.2 Å². The molecular formula is C30H39N7O4S. The quantitative estimate of drug-likeness (QED) is 0.359. The second-order valence-electron chi connectivity index (χ2n) is 10.8. The largest absolute Gasteiger partial charge is 0.460 e. The second-order valence-corrected chi connectivity index (χ2v) is 11.7. The van der Waals surface area contributed by atoms with Crippen molar-refractivity contribution in [3.8, 4) is 6.01 Å². The number of thiazole rings is 1. The molecule has 2 aliphatic heterocycles. The van der Waals surface area contributed by atoms with Gasteiger partial charge in [0.15, 0.2) is 5.13 Å². The first-order chi connectivity index (χ1) is 20.4. The highest BCUT2D eigenvalue weighted by Gasteiger charge is 2.27. The zero-order valence-corrected chi connectivity index (χ0v) is 25.2. The fraction of sp³-hybridized carbons (Fsp3) is 0.500. The van der Waals surface area contributed by atoms with E-state index < -0.39 is 0 Å². The number of amides is 2. The summed E-state index contributed by atoms with van der Waals surface area (Å²) in [6.07, 6.45) is 5.82. The normalized spacial score (nSPS) is 19.8. The number of hydrogen-bond donors (Lipinski definition) is 2. The lowest BCUT2D eigenvalue weighted by Crippen LogP contribution is -2.48. The highest BCUT2D eigenvalue weighted by molar-refractivity contribution is 7.14. The highest BCUT2D eigenvalue weighted by Crippen LogP contribution is 2.27. The molecule has 0 saturated carbocycles. The van der Waals surface area contributed by atoms with Gasteiger partial charge in [-0.25, -0.2) is 15.0 Å². The average Bonchev–Trinajstić information content (AvgIpc) is 3.50. The number of benzene rings is 1. The van der Waals surface area contributed by atoms with E-state index in [0.29, 0.717) is 49.3 Å². The van der Waals surface area contributed by atoms with Crippen LogP contribution >= 0.6 is 11.3 Å². The first-order valence-electron chi connectivity index (χ1n) is 14.6. The maximum absolute atomic E-state index is 13.3. The van der Waals surface area contributed by atoms with E-state index in [2.05, 4.69) is 49.2 Å². The number of ether oxygens (including phenoxy) is 2. The maximum atomic E-state index is 13.3. The number of hydrogen-bond acceptors (Lipinski definition) is 10. The zero-order chi connectivity index (χ0) is 29.5. The summed E-state index contributed by atoms with van der Waals surface area (Å²) >= 11 is 1.44. The van der Waals surface area contributed by atoms with Crippen LogP contribution < -0.4 is 20.3 Å². The molecule has 3 aromatic rings. The lowest BCUT2D eigenvalue weighted by atomic mass is 10.0. The van der Waals surface area contributed by atoms with E-state index in [0.717, 1.165) is 43.0 Å². The van der Waals surface area contributed by atoms with E-state index in [1.54, 1.807) is 23.8 Å². The summed E-state index contributed by atoms with van der Waals surface area (Å²) in [6, 6.07) is 8.38. The third kappa shape index (κ3) is 7.42. The first-order valence-corrected chi connectivity index (χ1v) is 15.5. The minimum Gasteiger partial charge on any atom is -0.460 e. The molecule has 1 aromatic carbocycles. The Labute approximate surface area is 250 Å². The number of piperidine rings is 1. The summed E-state index contributed by atoms with van der Waals surface area (Å²) in [4.78, 5) is 43.9. The van der Waals surface area contributed by atoms with Gasteiger partial charge in [-0.3, -0.25) is 14.5 Å². The molecule has 42 heavy (non-hydrogen) atoms. The molecule has 0 bridgehead atoms. The Morgan fingerprint density at radius 3 is 2.55 bits per heavy atom. The van der Waals surface area contributed by atoms with Gasteiger partial charge in [0.2, 0.25) is 0 Å². The monoisotopic (exact) mass is 593 g/mol. The van der Waals surface area contributed by atoms with Crippen molar-refractivity contribution in [2.24, 2.45) is 0 Å². The lowest BCUT2D eigenvalue weighted by Gasteiger charge is -2.38. The molecule has 2 N–H and O–H groups in total. The minimum atomic E-state index is -0.343. The van der Waals surface area contributed by atoms with Gasteiger partial charge >= 0.3 is 6.01 Å². The topological polar surface area (TPSA) is 122 Å². The van der Waals surface area contributed by atoms with Gasteiger partial charge in [-0.05, 0) is 44.0 Å². The van der Waals surface area contributed by atoms with Crippen molar-refractivity contribution in [3.63, 3.8) is 0 Å². The number of carbonyl (C=O) groups excluding carboxylic acids is 2. The van der Waals surface area contributed by atoms with Crippen LogP contribution in [-0.4, -0.2) is 82.7 Å². The van der Waals surface area contributed by atoms with E-state index in [1.807, 2.05) is 25.1 Å². The summed E-state index contributed by atoms with van der Waals surface area (Å²) in [7, 11) is 0.